The van der Waals surface area contributed by atoms with Gasteiger partial charge in [0.25, 0.3) is 5.91 Å². The Kier molecular flexibility index (Phi) is 5.42. The normalized spacial score (nSPS) is 31.4. The monoisotopic (exact) mass is 391 g/mol. The lowest BCUT2D eigenvalue weighted by Gasteiger charge is -2.59. The molecule has 4 heteroatoms. The highest BCUT2D eigenvalue weighted by molar-refractivity contribution is 6.06. The van der Waals surface area contributed by atoms with E-state index in [9.17, 15) is 10.1 Å². The van der Waals surface area contributed by atoms with Crippen molar-refractivity contribution in [3.63, 3.8) is 0 Å². The Bertz CT molecular complexity index is 795. The van der Waals surface area contributed by atoms with Gasteiger partial charge in [-0.2, -0.15) is 5.26 Å². The summed E-state index contributed by atoms with van der Waals surface area (Å²) < 4.78 is 0. The van der Waals surface area contributed by atoms with Crippen LogP contribution in [0.25, 0.3) is 0 Å². The molecule has 0 heterocycles. The van der Waals surface area contributed by atoms with Gasteiger partial charge >= 0.3 is 0 Å². The number of carbonyl (C=O) groups excluding carboxylic acids is 1. The first-order valence-electron chi connectivity index (χ1n) is 11.2. The van der Waals surface area contributed by atoms with E-state index in [2.05, 4.69) is 37.5 Å². The zero-order chi connectivity index (χ0) is 20.6. The molecule has 29 heavy (non-hydrogen) atoms. The molecule has 0 aliphatic heterocycles. The Morgan fingerprint density at radius 2 is 1.62 bits per heavy atom. The number of rotatable bonds is 6. The van der Waals surface area contributed by atoms with Gasteiger partial charge in [-0.25, -0.2) is 0 Å². The molecular weight excluding hydrogens is 358 g/mol. The Morgan fingerprint density at radius 3 is 2.10 bits per heavy atom. The maximum Gasteiger partial charge on any atom is 0.267 e. The van der Waals surface area contributed by atoms with E-state index in [1.54, 1.807) is 6.20 Å². The van der Waals surface area contributed by atoms with E-state index in [0.717, 1.165) is 23.4 Å². The minimum Gasteiger partial charge on any atom is -0.387 e. The van der Waals surface area contributed by atoms with E-state index in [0.29, 0.717) is 11.3 Å². The number of hydrogen-bond acceptors (Lipinski definition) is 3. The molecule has 2 N–H and O–H groups in total. The van der Waals surface area contributed by atoms with E-state index >= 15 is 0 Å². The zero-order valence-corrected chi connectivity index (χ0v) is 17.9. The van der Waals surface area contributed by atoms with Crippen LogP contribution < -0.4 is 10.6 Å². The Labute approximate surface area is 174 Å². The summed E-state index contributed by atoms with van der Waals surface area (Å²) in [5.74, 6) is 2.77. The second kappa shape index (κ2) is 7.86. The molecular formula is C25H33N3O. The second-order valence-corrected chi connectivity index (χ2v) is 10.1. The van der Waals surface area contributed by atoms with Gasteiger partial charge < -0.3 is 10.6 Å². The first kappa shape index (κ1) is 20.0. The van der Waals surface area contributed by atoms with Gasteiger partial charge in [0.1, 0.15) is 11.6 Å². The molecule has 4 nitrogen and oxygen atoms in total. The number of hydrogen-bond donors (Lipinski definition) is 2. The number of carbonyl (C=O) groups is 1. The number of anilines is 1. The van der Waals surface area contributed by atoms with Gasteiger partial charge in [-0.15, -0.1) is 0 Å². The van der Waals surface area contributed by atoms with Crippen LogP contribution in [0.2, 0.25) is 0 Å². The van der Waals surface area contributed by atoms with Gasteiger partial charge in [0.05, 0.1) is 0 Å². The highest BCUT2D eigenvalue weighted by atomic mass is 16.1. The molecule has 4 fully saturated rings. The summed E-state index contributed by atoms with van der Waals surface area (Å²) in [5.41, 5.74) is 2.42. The average Bonchev–Trinajstić information content (AvgIpc) is 2.67. The third-order valence-electron chi connectivity index (χ3n) is 7.68. The van der Waals surface area contributed by atoms with Crippen LogP contribution in [-0.2, 0) is 4.79 Å². The molecule has 0 saturated heterocycles. The van der Waals surface area contributed by atoms with Crippen LogP contribution in [0.3, 0.4) is 0 Å². The fourth-order valence-electron chi connectivity index (χ4n) is 6.39. The Hall–Kier alpha value is -2.28. The SMILES string of the molecule is CC(C)c1ccc(NC(=O)/C(C#N)=C\NC(C)C23CC4CC(CC(C4)C2)C3)cc1. The van der Waals surface area contributed by atoms with Gasteiger partial charge in [-0.1, -0.05) is 26.0 Å². The lowest BCUT2D eigenvalue weighted by atomic mass is 9.48. The van der Waals surface area contributed by atoms with Gasteiger partial charge in [-0.05, 0) is 92.2 Å². The number of amides is 1. The van der Waals surface area contributed by atoms with Crippen molar-refractivity contribution in [2.45, 2.75) is 71.3 Å². The summed E-state index contributed by atoms with van der Waals surface area (Å²) in [4.78, 5) is 12.6. The molecule has 1 unspecified atom stereocenters. The molecule has 4 aliphatic rings. The quantitative estimate of drug-likeness (QED) is 0.507. The molecule has 4 bridgehead atoms. The molecule has 5 rings (SSSR count). The van der Waals surface area contributed by atoms with E-state index < -0.39 is 0 Å². The molecule has 154 valence electrons. The summed E-state index contributed by atoms with van der Waals surface area (Å²) in [6.45, 7) is 6.52. The predicted octanol–water partition coefficient (Wildman–Crippen LogP) is 5.35. The van der Waals surface area contributed by atoms with Crippen LogP contribution in [0, 0.1) is 34.5 Å². The Balaban J connectivity index is 1.40. The summed E-state index contributed by atoms with van der Waals surface area (Å²) >= 11 is 0. The molecule has 0 aromatic heterocycles. The topological polar surface area (TPSA) is 64.9 Å². The van der Waals surface area contributed by atoms with E-state index in [1.807, 2.05) is 24.3 Å². The summed E-state index contributed by atoms with van der Waals surface area (Å²) in [7, 11) is 0. The van der Waals surface area contributed by atoms with Crippen LogP contribution in [0.4, 0.5) is 5.69 Å². The summed E-state index contributed by atoms with van der Waals surface area (Å²) in [6.07, 6.45) is 9.81. The van der Waals surface area contributed by atoms with Crippen molar-refractivity contribution in [1.82, 2.24) is 5.32 Å². The highest BCUT2D eigenvalue weighted by Gasteiger charge is 2.53. The summed E-state index contributed by atoms with van der Waals surface area (Å²) in [6, 6.07) is 10.2. The Morgan fingerprint density at radius 1 is 1.07 bits per heavy atom. The molecule has 1 aromatic carbocycles. The standard InChI is InChI=1S/C25H33N3O/c1-16(2)21-4-6-23(7-5-21)28-24(29)22(14-26)15-27-17(3)25-11-18-8-19(12-25)10-20(9-18)13-25/h4-7,15-20,27H,8-13H2,1-3H3,(H,28,29)/b22-15-. The number of benzene rings is 1. The van der Waals surface area contributed by atoms with Crippen molar-refractivity contribution < 1.29 is 4.79 Å². The maximum absolute atomic E-state index is 12.6. The third kappa shape index (κ3) is 4.06. The van der Waals surface area contributed by atoms with Crippen molar-refractivity contribution in [1.29, 1.82) is 5.26 Å². The highest BCUT2D eigenvalue weighted by Crippen LogP contribution is 2.61. The van der Waals surface area contributed by atoms with E-state index in [-0.39, 0.29) is 17.5 Å². The van der Waals surface area contributed by atoms with E-state index in [4.69, 9.17) is 0 Å². The molecule has 1 aromatic rings. The fourth-order valence-corrected chi connectivity index (χ4v) is 6.39. The number of nitrogens with one attached hydrogen (secondary N) is 2. The van der Waals surface area contributed by atoms with Crippen molar-refractivity contribution in [3.05, 3.63) is 41.6 Å². The van der Waals surface area contributed by atoms with Gasteiger partial charge in [0.15, 0.2) is 0 Å². The van der Waals surface area contributed by atoms with Crippen LogP contribution >= 0.6 is 0 Å². The molecule has 1 amide bonds. The van der Waals surface area contributed by atoms with Crippen molar-refractivity contribution in [3.8, 4) is 6.07 Å². The molecule has 4 saturated carbocycles. The second-order valence-electron chi connectivity index (χ2n) is 10.1. The van der Waals surface area contributed by atoms with Crippen molar-refractivity contribution in [2.75, 3.05) is 5.32 Å². The summed E-state index contributed by atoms with van der Waals surface area (Å²) in [5, 5.41) is 15.8. The lowest BCUT2D eigenvalue weighted by Crippen LogP contribution is -2.54. The predicted molar refractivity (Wildman–Crippen MR) is 116 cm³/mol. The largest absolute Gasteiger partial charge is 0.387 e. The first-order valence-corrected chi connectivity index (χ1v) is 11.2. The van der Waals surface area contributed by atoms with Crippen LogP contribution in [0.15, 0.2) is 36.0 Å². The maximum atomic E-state index is 12.6. The van der Waals surface area contributed by atoms with Crippen molar-refractivity contribution in [2.24, 2.45) is 23.2 Å². The number of nitriles is 1. The van der Waals surface area contributed by atoms with E-state index in [1.165, 1.54) is 44.1 Å². The minimum absolute atomic E-state index is 0.134. The molecule has 4 aliphatic carbocycles. The van der Waals surface area contributed by atoms with Crippen molar-refractivity contribution >= 4 is 11.6 Å². The fraction of sp³-hybridized carbons (Fsp3) is 0.600. The first-order chi connectivity index (χ1) is 13.9. The molecule has 0 spiro atoms. The average molecular weight is 392 g/mol. The van der Waals surface area contributed by atoms with Gasteiger partial charge in [-0.3, -0.25) is 4.79 Å². The smallest absolute Gasteiger partial charge is 0.267 e. The number of nitrogens with zero attached hydrogens (tertiary/aromatic N) is 1. The lowest BCUT2D eigenvalue weighted by molar-refractivity contribution is -0.112. The van der Waals surface area contributed by atoms with Crippen LogP contribution in [-0.4, -0.2) is 11.9 Å². The van der Waals surface area contributed by atoms with Crippen LogP contribution in [0.5, 0.6) is 0 Å². The zero-order valence-electron chi connectivity index (χ0n) is 17.9. The van der Waals surface area contributed by atoms with Gasteiger partial charge in [0.2, 0.25) is 0 Å². The van der Waals surface area contributed by atoms with Gasteiger partial charge in [0, 0.05) is 17.9 Å². The molecule has 0 radical (unpaired) electrons. The van der Waals surface area contributed by atoms with Crippen LogP contribution in [0.1, 0.15) is 70.8 Å². The third-order valence-corrected chi connectivity index (χ3v) is 7.68. The molecule has 1 atom stereocenters. The minimum atomic E-state index is -0.352.